The Bertz CT molecular complexity index is 344. The van der Waals surface area contributed by atoms with E-state index in [4.69, 9.17) is 4.99 Å². The molecule has 1 saturated carbocycles. The molecule has 0 radical (unpaired) electrons. The van der Waals surface area contributed by atoms with Gasteiger partial charge in [0.25, 0.3) is 0 Å². The highest BCUT2D eigenvalue weighted by atomic mass is 32.2. The lowest BCUT2D eigenvalue weighted by Gasteiger charge is -2.37. The Balaban J connectivity index is 1.86. The number of hydrogen-bond acceptors (Lipinski definition) is 3. The summed E-state index contributed by atoms with van der Waals surface area (Å²) >= 11 is 2.06. The summed E-state index contributed by atoms with van der Waals surface area (Å²) in [4.78, 5) is 4.75. The van der Waals surface area contributed by atoms with E-state index in [1.54, 1.807) is 0 Å². The molecule has 0 aromatic carbocycles. The minimum atomic E-state index is -0.205. The summed E-state index contributed by atoms with van der Waals surface area (Å²) in [6, 6.07) is 0. The molecule has 4 nitrogen and oxygen atoms in total. The second kappa shape index (κ2) is 8.28. The lowest BCUT2D eigenvalue weighted by atomic mass is 9.73. The number of guanidine groups is 1. The van der Waals surface area contributed by atoms with Gasteiger partial charge in [0.1, 0.15) is 0 Å². The Morgan fingerprint density at radius 3 is 2.81 bits per heavy atom. The van der Waals surface area contributed by atoms with Crippen LogP contribution in [0.4, 0.5) is 0 Å². The van der Waals surface area contributed by atoms with Crippen LogP contribution in [0.3, 0.4) is 0 Å². The monoisotopic (exact) mass is 313 g/mol. The van der Waals surface area contributed by atoms with Gasteiger partial charge in [0.05, 0.1) is 12.6 Å². The van der Waals surface area contributed by atoms with E-state index in [0.717, 1.165) is 43.6 Å². The van der Waals surface area contributed by atoms with Crippen LogP contribution in [0, 0.1) is 5.41 Å². The molecular formula is C16H31N3OS. The number of aliphatic hydroxyl groups is 1. The highest BCUT2D eigenvalue weighted by molar-refractivity contribution is 8.00. The summed E-state index contributed by atoms with van der Waals surface area (Å²) in [5.74, 6) is 2.20. The van der Waals surface area contributed by atoms with Crippen LogP contribution in [0.25, 0.3) is 0 Å². The van der Waals surface area contributed by atoms with E-state index in [1.165, 1.54) is 25.0 Å². The van der Waals surface area contributed by atoms with Crippen LogP contribution in [0.15, 0.2) is 4.99 Å². The predicted octanol–water partition coefficient (Wildman–Crippen LogP) is 2.38. The fraction of sp³-hybridized carbons (Fsp3) is 0.938. The Kier molecular flexibility index (Phi) is 6.68. The molecule has 122 valence electrons. The van der Waals surface area contributed by atoms with Crippen LogP contribution in [-0.2, 0) is 0 Å². The number of thioether (sulfide) groups is 1. The van der Waals surface area contributed by atoms with Crippen molar-refractivity contribution in [2.24, 2.45) is 10.4 Å². The molecule has 1 heterocycles. The van der Waals surface area contributed by atoms with Gasteiger partial charge in [-0.1, -0.05) is 19.8 Å². The van der Waals surface area contributed by atoms with Gasteiger partial charge in [-0.3, -0.25) is 4.99 Å². The van der Waals surface area contributed by atoms with E-state index in [0.29, 0.717) is 6.54 Å². The van der Waals surface area contributed by atoms with E-state index in [2.05, 4.69) is 36.2 Å². The molecule has 1 aliphatic heterocycles. The Hall–Kier alpha value is -0.420. The van der Waals surface area contributed by atoms with Crippen LogP contribution < -0.4 is 10.6 Å². The molecule has 0 aromatic heterocycles. The van der Waals surface area contributed by atoms with Gasteiger partial charge in [-0.2, -0.15) is 11.8 Å². The first-order valence-electron chi connectivity index (χ1n) is 8.46. The maximum absolute atomic E-state index is 10.3. The van der Waals surface area contributed by atoms with E-state index in [-0.39, 0.29) is 11.5 Å². The largest absolute Gasteiger partial charge is 0.392 e. The van der Waals surface area contributed by atoms with Crippen LogP contribution in [0.5, 0.6) is 0 Å². The summed E-state index contributed by atoms with van der Waals surface area (Å²) in [6.45, 7) is 6.86. The summed E-state index contributed by atoms with van der Waals surface area (Å²) in [7, 11) is 0. The first kappa shape index (κ1) is 16.9. The molecule has 2 fully saturated rings. The highest BCUT2D eigenvalue weighted by Crippen LogP contribution is 2.36. The minimum Gasteiger partial charge on any atom is -0.392 e. The van der Waals surface area contributed by atoms with E-state index in [1.807, 2.05) is 0 Å². The summed E-state index contributed by atoms with van der Waals surface area (Å²) < 4.78 is 0. The van der Waals surface area contributed by atoms with E-state index >= 15 is 0 Å². The second-order valence-corrected chi connectivity index (χ2v) is 8.03. The second-order valence-electron chi connectivity index (χ2n) is 6.63. The van der Waals surface area contributed by atoms with Crippen molar-refractivity contribution in [3.63, 3.8) is 0 Å². The summed E-state index contributed by atoms with van der Waals surface area (Å²) in [6.07, 6.45) is 6.82. The minimum absolute atomic E-state index is 0.0529. The molecule has 3 N–H and O–H groups in total. The molecule has 2 aliphatic rings. The fourth-order valence-corrected chi connectivity index (χ4v) is 4.38. The molecule has 3 unspecified atom stereocenters. The lowest BCUT2D eigenvalue weighted by molar-refractivity contribution is 0.00716. The first-order valence-corrected chi connectivity index (χ1v) is 9.51. The van der Waals surface area contributed by atoms with E-state index < -0.39 is 0 Å². The molecular weight excluding hydrogens is 282 g/mol. The van der Waals surface area contributed by atoms with Gasteiger partial charge >= 0.3 is 0 Å². The van der Waals surface area contributed by atoms with Gasteiger partial charge in [0.15, 0.2) is 5.96 Å². The number of nitrogens with one attached hydrogen (secondary N) is 2. The quantitative estimate of drug-likeness (QED) is 0.539. The zero-order valence-electron chi connectivity index (χ0n) is 13.5. The van der Waals surface area contributed by atoms with Crippen LogP contribution in [0.2, 0.25) is 0 Å². The zero-order valence-corrected chi connectivity index (χ0v) is 14.3. The molecule has 1 saturated heterocycles. The number of nitrogens with zero attached hydrogens (tertiary/aromatic N) is 1. The third kappa shape index (κ3) is 5.06. The van der Waals surface area contributed by atoms with Gasteiger partial charge in [-0.05, 0) is 38.4 Å². The SMILES string of the molecule is CCNC(=NCC1(C)CCCCC1O)NCC1CCCS1. The first-order chi connectivity index (χ1) is 10.1. The maximum atomic E-state index is 10.3. The highest BCUT2D eigenvalue weighted by Gasteiger charge is 2.35. The lowest BCUT2D eigenvalue weighted by Crippen LogP contribution is -2.43. The topological polar surface area (TPSA) is 56.7 Å². The number of aliphatic hydroxyl groups excluding tert-OH is 1. The van der Waals surface area contributed by atoms with Crippen molar-refractivity contribution in [1.29, 1.82) is 0 Å². The van der Waals surface area contributed by atoms with Gasteiger partial charge in [0.2, 0.25) is 0 Å². The van der Waals surface area contributed by atoms with Crippen molar-refractivity contribution < 1.29 is 5.11 Å². The van der Waals surface area contributed by atoms with Gasteiger partial charge in [-0.25, -0.2) is 0 Å². The van der Waals surface area contributed by atoms with Crippen molar-refractivity contribution in [2.45, 2.75) is 63.7 Å². The standard InChI is InChI=1S/C16H31N3OS/c1-3-17-15(18-11-13-7-6-10-21-13)19-12-16(2)9-5-4-8-14(16)20/h13-14,20H,3-12H2,1-2H3,(H2,17,18,19). The molecule has 3 atom stereocenters. The third-order valence-corrected chi connectivity index (χ3v) is 6.14. The van der Waals surface area contributed by atoms with Crippen molar-refractivity contribution in [3.8, 4) is 0 Å². The maximum Gasteiger partial charge on any atom is 0.191 e. The van der Waals surface area contributed by atoms with Crippen molar-refractivity contribution in [3.05, 3.63) is 0 Å². The van der Waals surface area contributed by atoms with Gasteiger partial charge in [-0.15, -0.1) is 0 Å². The Morgan fingerprint density at radius 1 is 1.29 bits per heavy atom. The number of aliphatic imine (C=N–C) groups is 1. The van der Waals surface area contributed by atoms with Crippen LogP contribution >= 0.6 is 11.8 Å². The molecule has 0 aromatic rings. The fourth-order valence-electron chi connectivity index (χ4n) is 3.18. The van der Waals surface area contributed by atoms with Crippen LogP contribution in [-0.4, -0.2) is 47.8 Å². The number of hydrogen-bond donors (Lipinski definition) is 3. The zero-order chi connectivity index (χ0) is 15.1. The molecule has 21 heavy (non-hydrogen) atoms. The predicted molar refractivity (Wildman–Crippen MR) is 92.0 cm³/mol. The van der Waals surface area contributed by atoms with Crippen molar-refractivity contribution >= 4 is 17.7 Å². The molecule has 0 bridgehead atoms. The molecule has 5 heteroatoms. The van der Waals surface area contributed by atoms with Crippen molar-refractivity contribution in [1.82, 2.24) is 10.6 Å². The van der Waals surface area contributed by atoms with Gasteiger partial charge < -0.3 is 15.7 Å². The molecule has 0 amide bonds. The smallest absolute Gasteiger partial charge is 0.191 e. The van der Waals surface area contributed by atoms with Crippen LogP contribution in [0.1, 0.15) is 52.4 Å². The van der Waals surface area contributed by atoms with Gasteiger partial charge in [0, 0.05) is 23.8 Å². The third-order valence-electron chi connectivity index (χ3n) is 4.74. The molecule has 2 rings (SSSR count). The number of rotatable bonds is 5. The van der Waals surface area contributed by atoms with E-state index in [9.17, 15) is 5.11 Å². The average molecular weight is 314 g/mol. The molecule has 0 spiro atoms. The molecule has 1 aliphatic carbocycles. The average Bonchev–Trinajstić information content (AvgIpc) is 2.99. The summed E-state index contributed by atoms with van der Waals surface area (Å²) in [5, 5.41) is 17.8. The Morgan fingerprint density at radius 2 is 2.14 bits per heavy atom. The Labute approximate surface area is 133 Å². The van der Waals surface area contributed by atoms with Crippen molar-refractivity contribution in [2.75, 3.05) is 25.4 Å². The normalized spacial score (nSPS) is 34.0. The summed E-state index contributed by atoms with van der Waals surface area (Å²) in [5.41, 5.74) is -0.0529.